The van der Waals surface area contributed by atoms with Crippen LogP contribution >= 0.6 is 0 Å². The van der Waals surface area contributed by atoms with E-state index in [1.807, 2.05) is 0 Å². The van der Waals surface area contributed by atoms with Crippen LogP contribution in [-0.4, -0.2) is 40.2 Å². The number of fused-ring (bicyclic) bond motifs is 1. The average Bonchev–Trinajstić information content (AvgIpc) is 2.39. The largest absolute Gasteiger partial charge is 0.377 e. The topological polar surface area (TPSA) is 97.1 Å². The lowest BCUT2D eigenvalue weighted by Crippen LogP contribution is -2.50. The normalized spacial score (nSPS) is 23.2. The third kappa shape index (κ3) is 2.00. The molecule has 1 saturated heterocycles. The van der Waals surface area contributed by atoms with E-state index in [0.29, 0.717) is 29.9 Å². The Morgan fingerprint density at radius 2 is 2.10 bits per heavy atom. The fraction of sp³-hybridized carbons (Fsp3) is 0.462. The van der Waals surface area contributed by atoms with Crippen molar-refractivity contribution in [3.63, 3.8) is 0 Å². The molecule has 20 heavy (non-hydrogen) atoms. The predicted molar refractivity (Wildman–Crippen MR) is 76.8 cm³/mol. The molecule has 3 heterocycles. The maximum Gasteiger partial charge on any atom is 0.260 e. The minimum atomic E-state index is -0.246. The summed E-state index contributed by atoms with van der Waals surface area (Å²) in [6.07, 6.45) is 1.62. The zero-order chi connectivity index (χ0) is 14.3. The zero-order valence-corrected chi connectivity index (χ0v) is 11.5. The van der Waals surface area contributed by atoms with E-state index in [9.17, 15) is 4.79 Å². The van der Waals surface area contributed by atoms with Crippen LogP contribution in [0.3, 0.4) is 0 Å². The maximum absolute atomic E-state index is 12.0. The number of pyridine rings is 1. The first-order valence-electron chi connectivity index (χ1n) is 6.58. The van der Waals surface area contributed by atoms with Gasteiger partial charge in [-0.1, -0.05) is 0 Å². The van der Waals surface area contributed by atoms with Crippen molar-refractivity contribution in [1.82, 2.24) is 15.0 Å². The second-order valence-electron chi connectivity index (χ2n) is 5.12. The number of hydrogen-bond acceptors (Lipinski definition) is 6. The van der Waals surface area contributed by atoms with Gasteiger partial charge in [0, 0.05) is 6.20 Å². The molecule has 2 aromatic heterocycles. The van der Waals surface area contributed by atoms with Gasteiger partial charge in [-0.05, 0) is 19.9 Å². The Kier molecular flexibility index (Phi) is 3.06. The zero-order valence-electron chi connectivity index (χ0n) is 11.5. The van der Waals surface area contributed by atoms with Gasteiger partial charge in [0.25, 0.3) is 5.56 Å². The molecule has 0 radical (unpaired) electrons. The van der Waals surface area contributed by atoms with Gasteiger partial charge in [-0.2, -0.15) is 0 Å². The Balaban J connectivity index is 2.23. The summed E-state index contributed by atoms with van der Waals surface area (Å²) in [6.45, 7) is 5.38. The molecule has 0 aliphatic carbocycles. The van der Waals surface area contributed by atoms with E-state index in [1.54, 1.807) is 12.3 Å². The summed E-state index contributed by atoms with van der Waals surface area (Å²) in [5, 5.41) is 0.495. The summed E-state index contributed by atoms with van der Waals surface area (Å²) >= 11 is 0. The maximum atomic E-state index is 12.0. The molecule has 0 spiro atoms. The van der Waals surface area contributed by atoms with Crippen LogP contribution in [0, 0.1) is 0 Å². The van der Waals surface area contributed by atoms with Crippen molar-refractivity contribution < 1.29 is 4.74 Å². The first-order chi connectivity index (χ1) is 9.58. The van der Waals surface area contributed by atoms with E-state index in [2.05, 4.69) is 33.7 Å². The Labute approximate surface area is 115 Å². The first-order valence-corrected chi connectivity index (χ1v) is 6.58. The Hall–Kier alpha value is -2.15. The van der Waals surface area contributed by atoms with Crippen LogP contribution in [0.15, 0.2) is 17.1 Å². The molecule has 1 aliphatic heterocycles. The molecule has 3 N–H and O–H groups in total. The standard InChI is InChI=1S/C13H17N5O2/c1-7-5-20-6-8(2)18(7)11-10-9(3-4-15-11)12(19)17-13(14)16-10/h3-4,7-8H,5-6H2,1-2H3,(H3,14,16,17,19)/t7-,8-/m1/s1. The van der Waals surface area contributed by atoms with Gasteiger partial charge in [-0.15, -0.1) is 0 Å². The van der Waals surface area contributed by atoms with Crippen molar-refractivity contribution in [3.8, 4) is 0 Å². The van der Waals surface area contributed by atoms with Crippen molar-refractivity contribution in [2.75, 3.05) is 23.8 Å². The summed E-state index contributed by atoms with van der Waals surface area (Å²) < 4.78 is 5.52. The predicted octanol–water partition coefficient (Wildman–Crippen LogP) is 0.514. The lowest BCUT2D eigenvalue weighted by Gasteiger charge is -2.39. The number of aromatic amines is 1. The van der Waals surface area contributed by atoms with Gasteiger partial charge in [0.2, 0.25) is 5.95 Å². The van der Waals surface area contributed by atoms with Crippen LogP contribution in [0.5, 0.6) is 0 Å². The monoisotopic (exact) mass is 275 g/mol. The van der Waals surface area contributed by atoms with Gasteiger partial charge in [0.1, 0.15) is 5.52 Å². The SMILES string of the molecule is C[C@@H]1COC[C@@H](C)N1c1nccc2c(=O)[nH]c(N)nc12. The van der Waals surface area contributed by atoms with Crippen molar-refractivity contribution in [1.29, 1.82) is 0 Å². The van der Waals surface area contributed by atoms with Crippen LogP contribution in [0.25, 0.3) is 10.9 Å². The van der Waals surface area contributed by atoms with Crippen LogP contribution in [0.1, 0.15) is 13.8 Å². The van der Waals surface area contributed by atoms with E-state index < -0.39 is 0 Å². The highest BCUT2D eigenvalue weighted by molar-refractivity contribution is 5.88. The minimum Gasteiger partial charge on any atom is -0.377 e. The second kappa shape index (κ2) is 4.75. The van der Waals surface area contributed by atoms with Crippen LogP contribution in [-0.2, 0) is 4.74 Å². The third-order valence-corrected chi connectivity index (χ3v) is 3.54. The molecule has 7 nitrogen and oxygen atoms in total. The Bertz CT molecular complexity index is 689. The van der Waals surface area contributed by atoms with Crippen molar-refractivity contribution >= 4 is 22.7 Å². The van der Waals surface area contributed by atoms with E-state index in [1.165, 1.54) is 0 Å². The van der Waals surface area contributed by atoms with Crippen LogP contribution < -0.4 is 16.2 Å². The number of aromatic nitrogens is 3. The number of nitrogens with zero attached hydrogens (tertiary/aromatic N) is 3. The van der Waals surface area contributed by atoms with Gasteiger partial charge in [-0.25, -0.2) is 9.97 Å². The first kappa shape index (κ1) is 12.9. The molecule has 0 aromatic carbocycles. The number of nitrogens with one attached hydrogen (secondary N) is 1. The number of rotatable bonds is 1. The summed E-state index contributed by atoms with van der Waals surface area (Å²) in [4.78, 5) is 25.3. The smallest absolute Gasteiger partial charge is 0.260 e. The number of hydrogen-bond donors (Lipinski definition) is 2. The molecule has 1 aliphatic rings. The number of nitrogen functional groups attached to an aromatic ring is 1. The summed E-state index contributed by atoms with van der Waals surface area (Å²) in [7, 11) is 0. The highest BCUT2D eigenvalue weighted by atomic mass is 16.5. The van der Waals surface area contributed by atoms with Gasteiger partial charge in [0.05, 0.1) is 30.7 Å². The summed E-state index contributed by atoms with van der Waals surface area (Å²) in [6, 6.07) is 1.98. The lowest BCUT2D eigenvalue weighted by atomic mass is 10.1. The van der Waals surface area contributed by atoms with Gasteiger partial charge < -0.3 is 15.4 Å². The van der Waals surface area contributed by atoms with E-state index in [-0.39, 0.29) is 23.6 Å². The number of anilines is 2. The number of ether oxygens (including phenoxy) is 1. The highest BCUT2D eigenvalue weighted by Gasteiger charge is 2.28. The Morgan fingerprint density at radius 1 is 1.40 bits per heavy atom. The van der Waals surface area contributed by atoms with Crippen molar-refractivity contribution in [2.45, 2.75) is 25.9 Å². The third-order valence-electron chi connectivity index (χ3n) is 3.54. The van der Waals surface area contributed by atoms with Gasteiger partial charge in [0.15, 0.2) is 5.82 Å². The Morgan fingerprint density at radius 3 is 2.80 bits per heavy atom. The molecule has 0 bridgehead atoms. The van der Waals surface area contributed by atoms with Gasteiger partial charge >= 0.3 is 0 Å². The van der Waals surface area contributed by atoms with E-state index in [0.717, 1.165) is 0 Å². The summed E-state index contributed by atoms with van der Waals surface area (Å²) in [5.41, 5.74) is 5.95. The van der Waals surface area contributed by atoms with Crippen molar-refractivity contribution in [2.24, 2.45) is 0 Å². The minimum absolute atomic E-state index is 0.102. The van der Waals surface area contributed by atoms with E-state index >= 15 is 0 Å². The lowest BCUT2D eigenvalue weighted by molar-refractivity contribution is 0.0753. The molecule has 0 amide bonds. The molecule has 106 valence electrons. The summed E-state index contributed by atoms with van der Waals surface area (Å²) in [5.74, 6) is 0.786. The molecule has 0 unspecified atom stereocenters. The fourth-order valence-corrected chi connectivity index (χ4v) is 2.68. The number of morpholine rings is 1. The molecule has 0 saturated carbocycles. The molecule has 3 rings (SSSR count). The number of nitrogens with two attached hydrogens (primary N) is 1. The quantitative estimate of drug-likeness (QED) is 0.787. The van der Waals surface area contributed by atoms with Gasteiger partial charge in [-0.3, -0.25) is 9.78 Å². The molecule has 2 atom stereocenters. The second-order valence-corrected chi connectivity index (χ2v) is 5.12. The highest BCUT2D eigenvalue weighted by Crippen LogP contribution is 2.26. The van der Waals surface area contributed by atoms with Crippen LogP contribution in [0.2, 0.25) is 0 Å². The molecular formula is C13H17N5O2. The number of H-pyrrole nitrogens is 1. The molecule has 7 heteroatoms. The molecule has 1 fully saturated rings. The average molecular weight is 275 g/mol. The van der Waals surface area contributed by atoms with Crippen LogP contribution in [0.4, 0.5) is 11.8 Å². The molecule has 2 aromatic rings. The van der Waals surface area contributed by atoms with E-state index in [4.69, 9.17) is 10.5 Å². The molecular weight excluding hydrogens is 258 g/mol. The van der Waals surface area contributed by atoms with Crippen molar-refractivity contribution in [3.05, 3.63) is 22.6 Å². The fourth-order valence-electron chi connectivity index (χ4n) is 2.68.